The molecule has 2 rings (SSSR count). The number of nitrogens with one attached hydrogen (secondary N) is 2. The van der Waals surface area contributed by atoms with E-state index in [4.69, 9.17) is 0 Å². The van der Waals surface area contributed by atoms with Gasteiger partial charge < -0.3 is 10.6 Å². The number of nitrogens with zero attached hydrogens (tertiary/aromatic N) is 1. The number of piperidine rings is 1. The zero-order chi connectivity index (χ0) is 13.2. The molecule has 19 heavy (non-hydrogen) atoms. The van der Waals surface area contributed by atoms with Gasteiger partial charge in [-0.1, -0.05) is 13.8 Å². The van der Waals surface area contributed by atoms with Gasteiger partial charge in [-0.15, -0.1) is 12.4 Å². The maximum absolute atomic E-state index is 12.3. The minimum absolute atomic E-state index is 0. The third-order valence-corrected chi connectivity index (χ3v) is 3.65. The highest BCUT2D eigenvalue weighted by Crippen LogP contribution is 2.30. The van der Waals surface area contributed by atoms with Crippen LogP contribution in [0, 0.1) is 12.3 Å². The van der Waals surface area contributed by atoms with Crippen molar-refractivity contribution in [1.82, 2.24) is 10.3 Å². The molecule has 0 spiro atoms. The number of aryl methyl sites for hydroxylation is 1. The van der Waals surface area contributed by atoms with Crippen LogP contribution in [0.5, 0.6) is 0 Å². The van der Waals surface area contributed by atoms with Crippen LogP contribution in [-0.4, -0.2) is 23.5 Å². The fourth-order valence-corrected chi connectivity index (χ4v) is 2.48. The van der Waals surface area contributed by atoms with Crippen molar-refractivity contribution >= 4 is 24.0 Å². The van der Waals surface area contributed by atoms with E-state index in [1.165, 1.54) is 0 Å². The van der Waals surface area contributed by atoms with Gasteiger partial charge >= 0.3 is 0 Å². The summed E-state index contributed by atoms with van der Waals surface area (Å²) in [7, 11) is 0. The Morgan fingerprint density at radius 2 is 2.26 bits per heavy atom. The van der Waals surface area contributed by atoms with E-state index in [1.807, 2.05) is 19.1 Å². The number of rotatable bonds is 2. The Balaban J connectivity index is 0.00000180. The zero-order valence-corrected chi connectivity index (χ0v) is 12.5. The highest BCUT2D eigenvalue weighted by Gasteiger charge is 2.37. The second-order valence-corrected chi connectivity index (χ2v) is 5.60. The number of carbonyl (C=O) groups excluding carboxylic acids is 1. The highest BCUT2D eigenvalue weighted by molar-refractivity contribution is 5.95. The van der Waals surface area contributed by atoms with E-state index in [0.717, 1.165) is 30.8 Å². The molecule has 1 saturated heterocycles. The molecular weight excluding hydrogens is 262 g/mol. The smallest absolute Gasteiger partial charge is 0.242 e. The average molecular weight is 284 g/mol. The first kappa shape index (κ1) is 15.9. The Hall–Kier alpha value is -1.13. The molecule has 0 bridgehead atoms. The molecule has 5 heteroatoms. The molecule has 0 aromatic carbocycles. The summed E-state index contributed by atoms with van der Waals surface area (Å²) >= 11 is 0. The number of halogens is 1. The van der Waals surface area contributed by atoms with Crippen LogP contribution in [0.25, 0.3) is 0 Å². The average Bonchev–Trinajstić information content (AvgIpc) is 2.31. The van der Waals surface area contributed by atoms with Gasteiger partial charge in [0.1, 0.15) is 0 Å². The summed E-state index contributed by atoms with van der Waals surface area (Å²) in [6.07, 6.45) is 3.93. The molecular formula is C14H22ClN3O. The molecule has 1 amide bonds. The molecule has 1 fully saturated rings. The molecule has 0 aliphatic carbocycles. The molecule has 1 aliphatic heterocycles. The first-order valence-electron chi connectivity index (χ1n) is 6.46. The van der Waals surface area contributed by atoms with Crippen LogP contribution in [-0.2, 0) is 4.79 Å². The number of anilines is 1. The summed E-state index contributed by atoms with van der Waals surface area (Å²) in [5, 5.41) is 6.29. The topological polar surface area (TPSA) is 54.0 Å². The molecule has 4 nitrogen and oxygen atoms in total. The van der Waals surface area contributed by atoms with Crippen molar-refractivity contribution in [3.05, 3.63) is 24.0 Å². The second-order valence-electron chi connectivity index (χ2n) is 5.60. The molecule has 106 valence electrons. The van der Waals surface area contributed by atoms with Gasteiger partial charge in [0.2, 0.25) is 5.91 Å². The molecule has 1 aromatic rings. The summed E-state index contributed by atoms with van der Waals surface area (Å²) in [6.45, 7) is 7.08. The number of carbonyl (C=O) groups is 1. The van der Waals surface area contributed by atoms with Crippen LogP contribution in [0.15, 0.2) is 18.3 Å². The Kier molecular flexibility index (Phi) is 5.32. The third kappa shape index (κ3) is 3.67. The molecule has 0 radical (unpaired) electrons. The van der Waals surface area contributed by atoms with E-state index >= 15 is 0 Å². The van der Waals surface area contributed by atoms with Crippen molar-refractivity contribution in [2.45, 2.75) is 39.7 Å². The maximum atomic E-state index is 12.3. The molecule has 2 N–H and O–H groups in total. The van der Waals surface area contributed by atoms with E-state index < -0.39 is 0 Å². The van der Waals surface area contributed by atoms with E-state index in [-0.39, 0.29) is 29.8 Å². The highest BCUT2D eigenvalue weighted by atomic mass is 35.5. The fourth-order valence-electron chi connectivity index (χ4n) is 2.48. The van der Waals surface area contributed by atoms with Gasteiger partial charge in [0.05, 0.1) is 17.4 Å². The first-order valence-corrected chi connectivity index (χ1v) is 6.46. The number of pyridine rings is 1. The normalized spacial score (nSPS) is 21.3. The van der Waals surface area contributed by atoms with E-state index in [0.29, 0.717) is 0 Å². The van der Waals surface area contributed by atoms with E-state index in [2.05, 4.69) is 29.5 Å². The largest absolute Gasteiger partial charge is 0.323 e. The number of hydrogen-bond acceptors (Lipinski definition) is 3. The predicted octanol–water partition coefficient (Wildman–Crippen LogP) is 2.53. The quantitative estimate of drug-likeness (QED) is 0.877. The van der Waals surface area contributed by atoms with Crippen molar-refractivity contribution in [2.75, 3.05) is 11.9 Å². The minimum Gasteiger partial charge on any atom is -0.323 e. The lowest BCUT2D eigenvalue weighted by Crippen LogP contribution is -2.53. The summed E-state index contributed by atoms with van der Waals surface area (Å²) in [5.74, 6) is 0.0378. The molecule has 1 atom stereocenters. The van der Waals surface area contributed by atoms with Crippen LogP contribution in [0.2, 0.25) is 0 Å². The van der Waals surface area contributed by atoms with Gasteiger partial charge in [-0.25, -0.2) is 0 Å². The number of aromatic nitrogens is 1. The van der Waals surface area contributed by atoms with Crippen molar-refractivity contribution in [3.8, 4) is 0 Å². The SMILES string of the molecule is Cc1ncccc1NC(=O)C1NCCCC1(C)C.Cl. The summed E-state index contributed by atoms with van der Waals surface area (Å²) in [6, 6.07) is 3.59. The van der Waals surface area contributed by atoms with Crippen molar-refractivity contribution in [2.24, 2.45) is 5.41 Å². The van der Waals surface area contributed by atoms with Crippen LogP contribution < -0.4 is 10.6 Å². The van der Waals surface area contributed by atoms with Crippen molar-refractivity contribution in [1.29, 1.82) is 0 Å². The lowest BCUT2D eigenvalue weighted by atomic mass is 9.77. The standard InChI is InChI=1S/C14H21N3O.ClH/c1-10-11(6-4-8-15-10)17-13(18)12-14(2,3)7-5-9-16-12;/h4,6,8,12,16H,5,7,9H2,1-3H3,(H,17,18);1H. The van der Waals surface area contributed by atoms with Crippen LogP contribution >= 0.6 is 12.4 Å². The Morgan fingerprint density at radius 1 is 1.53 bits per heavy atom. The Morgan fingerprint density at radius 3 is 2.89 bits per heavy atom. The molecule has 2 heterocycles. The van der Waals surface area contributed by atoms with Gasteiger partial charge in [-0.05, 0) is 43.9 Å². The van der Waals surface area contributed by atoms with Crippen LogP contribution in [0.4, 0.5) is 5.69 Å². The van der Waals surface area contributed by atoms with Crippen LogP contribution in [0.3, 0.4) is 0 Å². The molecule has 0 saturated carbocycles. The zero-order valence-electron chi connectivity index (χ0n) is 11.7. The Bertz CT molecular complexity index is 448. The number of hydrogen-bond donors (Lipinski definition) is 2. The minimum atomic E-state index is -0.133. The van der Waals surface area contributed by atoms with Gasteiger partial charge in [-0.2, -0.15) is 0 Å². The monoisotopic (exact) mass is 283 g/mol. The van der Waals surface area contributed by atoms with E-state index in [1.54, 1.807) is 6.20 Å². The predicted molar refractivity (Wildman–Crippen MR) is 79.7 cm³/mol. The van der Waals surface area contributed by atoms with Gasteiger partial charge in [0.25, 0.3) is 0 Å². The lowest BCUT2D eigenvalue weighted by molar-refractivity contribution is -0.121. The maximum Gasteiger partial charge on any atom is 0.242 e. The summed E-state index contributed by atoms with van der Waals surface area (Å²) < 4.78 is 0. The molecule has 1 aliphatic rings. The second kappa shape index (κ2) is 6.35. The van der Waals surface area contributed by atoms with Gasteiger partial charge in [0, 0.05) is 6.20 Å². The van der Waals surface area contributed by atoms with E-state index in [9.17, 15) is 4.79 Å². The summed E-state index contributed by atoms with van der Waals surface area (Å²) in [5.41, 5.74) is 1.64. The van der Waals surface area contributed by atoms with Crippen molar-refractivity contribution in [3.63, 3.8) is 0 Å². The number of amides is 1. The lowest BCUT2D eigenvalue weighted by Gasteiger charge is -2.38. The first-order chi connectivity index (χ1) is 8.50. The fraction of sp³-hybridized carbons (Fsp3) is 0.571. The van der Waals surface area contributed by atoms with Crippen molar-refractivity contribution < 1.29 is 4.79 Å². The van der Waals surface area contributed by atoms with Crippen LogP contribution in [0.1, 0.15) is 32.4 Å². The van der Waals surface area contributed by atoms with Gasteiger partial charge in [0.15, 0.2) is 0 Å². The Labute approximate surface area is 120 Å². The van der Waals surface area contributed by atoms with Gasteiger partial charge in [-0.3, -0.25) is 9.78 Å². The molecule has 1 aromatic heterocycles. The third-order valence-electron chi connectivity index (χ3n) is 3.65. The summed E-state index contributed by atoms with van der Waals surface area (Å²) in [4.78, 5) is 16.5. The molecule has 1 unspecified atom stereocenters.